The van der Waals surface area contributed by atoms with Crippen LogP contribution in [0.1, 0.15) is 178 Å². The summed E-state index contributed by atoms with van der Waals surface area (Å²) >= 11 is 0. The summed E-state index contributed by atoms with van der Waals surface area (Å²) in [5, 5.41) is 0. The number of hydrogen-bond donors (Lipinski definition) is 0. The van der Waals surface area contributed by atoms with Crippen LogP contribution in [-0.2, 0) is 19.2 Å². The molecule has 0 fully saturated rings. The number of carbonyl (C=O) groups excluding carboxylic acids is 8. The van der Waals surface area contributed by atoms with Crippen molar-refractivity contribution in [1.29, 1.82) is 0 Å². The molecule has 0 aliphatic heterocycles. The number of benzene rings is 4. The van der Waals surface area contributed by atoms with Gasteiger partial charge in [0.1, 0.15) is 11.5 Å². The molecule has 4 rings (SSSR count). The van der Waals surface area contributed by atoms with E-state index in [0.29, 0.717) is 12.8 Å². The quantitative estimate of drug-likeness (QED) is 0.0161. The van der Waals surface area contributed by atoms with Crippen LogP contribution in [0.15, 0.2) is 84.9 Å². The van der Waals surface area contributed by atoms with Crippen LogP contribution in [-0.4, -0.2) is 60.6 Å². The Morgan fingerprint density at radius 1 is 0.406 bits per heavy atom. The molecule has 14 nitrogen and oxygen atoms in total. The summed E-state index contributed by atoms with van der Waals surface area (Å²) in [4.78, 5) is 116. The first-order valence-electron chi connectivity index (χ1n) is 21.7. The van der Waals surface area contributed by atoms with E-state index >= 15 is 0 Å². The Morgan fingerprint density at radius 2 is 0.766 bits per heavy atom. The summed E-state index contributed by atoms with van der Waals surface area (Å²) in [7, 11) is 0. The van der Waals surface area contributed by atoms with Gasteiger partial charge in [0.15, 0.2) is 23.1 Å². The number of ether oxygens (including phenoxy) is 4. The van der Waals surface area contributed by atoms with Crippen molar-refractivity contribution in [2.24, 2.45) is 0 Å². The Morgan fingerprint density at radius 3 is 1.12 bits per heavy atom. The molecule has 0 unspecified atom stereocenters. The van der Waals surface area contributed by atoms with E-state index < -0.39 is 35.8 Å². The number of ketones is 4. The molecular formula is C50H54O14. The average Bonchev–Trinajstić information content (AvgIpc) is 3.30. The molecule has 0 aliphatic carbocycles. The number of carbonyl (C=O) groups is 8. The monoisotopic (exact) mass is 878 g/mol. The first kappa shape index (κ1) is 49.7. The highest BCUT2D eigenvalue weighted by molar-refractivity contribution is 6.18. The third-order valence-corrected chi connectivity index (χ3v) is 9.99. The minimum absolute atomic E-state index is 0.0127. The van der Waals surface area contributed by atoms with Gasteiger partial charge in [-0.05, 0) is 75.2 Å². The SMILES string of the molecule is CCCCCCCC(=O)c1ccc(OC(=O)OCC)c(C(=O)c2ccccc2C(=O)OOC(=O)c2ccccc2C(=O)c2cc(C(=O)CCCCCCC)ccc2OC(=O)OCC)c1. The molecule has 0 radical (unpaired) electrons. The van der Waals surface area contributed by atoms with Gasteiger partial charge in [-0.25, -0.2) is 29.0 Å². The Balaban J connectivity index is 1.59. The molecule has 0 amide bonds. The molecule has 14 heteroatoms. The van der Waals surface area contributed by atoms with Crippen molar-refractivity contribution in [3.05, 3.63) is 129 Å². The summed E-state index contributed by atoms with van der Waals surface area (Å²) in [5.74, 6) is -5.14. The van der Waals surface area contributed by atoms with E-state index in [1.54, 1.807) is 13.8 Å². The van der Waals surface area contributed by atoms with Crippen molar-refractivity contribution in [3.63, 3.8) is 0 Å². The van der Waals surface area contributed by atoms with Gasteiger partial charge in [-0.1, -0.05) is 102 Å². The van der Waals surface area contributed by atoms with E-state index in [0.717, 1.165) is 51.4 Å². The summed E-state index contributed by atoms with van der Waals surface area (Å²) in [6.45, 7) is 7.29. The van der Waals surface area contributed by atoms with Crippen molar-refractivity contribution >= 4 is 47.4 Å². The van der Waals surface area contributed by atoms with Crippen LogP contribution in [0.25, 0.3) is 0 Å². The van der Waals surface area contributed by atoms with Gasteiger partial charge in [0.05, 0.1) is 35.5 Å². The number of hydrogen-bond acceptors (Lipinski definition) is 14. The predicted octanol–water partition coefficient (Wildman–Crippen LogP) is 11.2. The fourth-order valence-electron chi connectivity index (χ4n) is 6.65. The normalized spacial score (nSPS) is 10.6. The Bertz CT molecular complexity index is 2150. The molecule has 0 aromatic heterocycles. The lowest BCUT2D eigenvalue weighted by molar-refractivity contribution is -0.187. The molecule has 4 aromatic carbocycles. The predicted molar refractivity (Wildman–Crippen MR) is 234 cm³/mol. The highest BCUT2D eigenvalue weighted by atomic mass is 17.2. The molecule has 0 N–H and O–H groups in total. The lowest BCUT2D eigenvalue weighted by Crippen LogP contribution is -2.19. The number of unbranched alkanes of at least 4 members (excludes halogenated alkanes) is 8. The maximum absolute atomic E-state index is 14.2. The molecule has 64 heavy (non-hydrogen) atoms. The molecule has 0 bridgehead atoms. The zero-order valence-electron chi connectivity index (χ0n) is 36.7. The Hall–Kier alpha value is -6.96. The molecule has 0 heterocycles. The summed E-state index contributed by atoms with van der Waals surface area (Å²) in [6, 6.07) is 18.9. The molecular weight excluding hydrogens is 825 g/mol. The van der Waals surface area contributed by atoms with Crippen molar-refractivity contribution in [1.82, 2.24) is 0 Å². The van der Waals surface area contributed by atoms with Crippen LogP contribution >= 0.6 is 0 Å². The topological polar surface area (TPSA) is 192 Å². The van der Waals surface area contributed by atoms with Gasteiger partial charge in [-0.3, -0.25) is 19.2 Å². The highest BCUT2D eigenvalue weighted by Gasteiger charge is 2.28. The maximum atomic E-state index is 14.2. The first-order chi connectivity index (χ1) is 30.9. The Kier molecular flexibility index (Phi) is 20.1. The van der Waals surface area contributed by atoms with Crippen LogP contribution in [0.4, 0.5) is 9.59 Å². The lowest BCUT2D eigenvalue weighted by atomic mass is 9.94. The second kappa shape index (κ2) is 25.8. The van der Waals surface area contributed by atoms with E-state index in [1.807, 2.05) is 0 Å². The summed E-state index contributed by atoms with van der Waals surface area (Å²) < 4.78 is 20.4. The van der Waals surface area contributed by atoms with Gasteiger partial charge in [-0.2, -0.15) is 0 Å². The van der Waals surface area contributed by atoms with Crippen molar-refractivity contribution in [2.45, 2.75) is 105 Å². The lowest BCUT2D eigenvalue weighted by Gasteiger charge is -2.14. The fourth-order valence-corrected chi connectivity index (χ4v) is 6.65. The number of Topliss-reactive ketones (excluding diaryl/α,β-unsaturated/α-hetero) is 2. The van der Waals surface area contributed by atoms with Gasteiger partial charge in [0, 0.05) is 35.1 Å². The maximum Gasteiger partial charge on any atom is 0.513 e. The average molecular weight is 879 g/mol. The Labute approximate surface area is 372 Å². The van der Waals surface area contributed by atoms with Crippen LogP contribution in [0, 0.1) is 0 Å². The van der Waals surface area contributed by atoms with Crippen molar-refractivity contribution in [3.8, 4) is 11.5 Å². The second-order valence-corrected chi connectivity index (χ2v) is 14.7. The summed E-state index contributed by atoms with van der Waals surface area (Å²) in [6.07, 6.45) is 7.45. The van der Waals surface area contributed by atoms with E-state index in [9.17, 15) is 38.4 Å². The minimum atomic E-state index is -1.28. The van der Waals surface area contributed by atoms with Crippen molar-refractivity contribution in [2.75, 3.05) is 13.2 Å². The molecule has 338 valence electrons. The third kappa shape index (κ3) is 14.3. The molecule has 0 saturated carbocycles. The van der Waals surface area contributed by atoms with Gasteiger partial charge >= 0.3 is 24.2 Å². The van der Waals surface area contributed by atoms with Crippen LogP contribution < -0.4 is 9.47 Å². The van der Waals surface area contributed by atoms with Crippen molar-refractivity contribution < 1.29 is 67.1 Å². The van der Waals surface area contributed by atoms with Crippen LogP contribution in [0.3, 0.4) is 0 Å². The minimum Gasteiger partial charge on any atom is -0.434 e. The van der Waals surface area contributed by atoms with Gasteiger partial charge < -0.3 is 18.9 Å². The van der Waals surface area contributed by atoms with Gasteiger partial charge in [0.2, 0.25) is 0 Å². The zero-order chi connectivity index (χ0) is 46.4. The van der Waals surface area contributed by atoms with E-state index in [2.05, 4.69) is 13.8 Å². The zero-order valence-corrected chi connectivity index (χ0v) is 36.7. The highest BCUT2D eigenvalue weighted by Crippen LogP contribution is 2.29. The van der Waals surface area contributed by atoms with Gasteiger partial charge in [0.25, 0.3) is 0 Å². The second-order valence-electron chi connectivity index (χ2n) is 14.7. The molecule has 4 aromatic rings. The molecule has 0 atom stereocenters. The van der Waals surface area contributed by atoms with E-state index in [1.165, 1.54) is 84.9 Å². The van der Waals surface area contributed by atoms with E-state index in [-0.39, 0.29) is 93.6 Å². The largest absolute Gasteiger partial charge is 0.513 e. The van der Waals surface area contributed by atoms with Gasteiger partial charge in [-0.15, -0.1) is 0 Å². The molecule has 0 aliphatic rings. The fraction of sp³-hybridized carbons (Fsp3) is 0.360. The first-order valence-corrected chi connectivity index (χ1v) is 21.7. The van der Waals surface area contributed by atoms with Crippen LogP contribution in [0.5, 0.6) is 11.5 Å². The smallest absolute Gasteiger partial charge is 0.434 e. The van der Waals surface area contributed by atoms with E-state index in [4.69, 9.17) is 28.7 Å². The third-order valence-electron chi connectivity index (χ3n) is 9.99. The summed E-state index contributed by atoms with van der Waals surface area (Å²) in [5.41, 5.74) is -1.28. The standard InChI is InChI=1S/C50H54O14/c1-5-9-11-13-15-25-41(51)33-27-29-43(61-49(57)59-7-3)39(31-33)45(53)35-21-17-19-23-37(35)47(55)63-64-48(56)38-24-20-18-22-36(38)46(54)40-32-34(42(52)26-16-14-12-10-6-2)28-30-44(40)62-50(58)60-8-4/h17-24,27-32H,5-16,25-26H2,1-4H3. The number of rotatable bonds is 24. The van der Waals surface area contributed by atoms with Crippen LogP contribution in [0.2, 0.25) is 0 Å². The molecule has 0 spiro atoms. The molecule has 0 saturated heterocycles.